The molecule has 0 saturated carbocycles. The molecule has 3 heterocycles. The highest BCUT2D eigenvalue weighted by atomic mass is 16.5. The van der Waals surface area contributed by atoms with Gasteiger partial charge in [-0.2, -0.15) is 5.26 Å². The summed E-state index contributed by atoms with van der Waals surface area (Å²) in [6.45, 7) is 4.28. The smallest absolute Gasteiger partial charge is 0.292 e. The summed E-state index contributed by atoms with van der Waals surface area (Å²) in [6.07, 6.45) is 0. The van der Waals surface area contributed by atoms with Gasteiger partial charge in [-0.1, -0.05) is 11.2 Å². The highest BCUT2D eigenvalue weighted by Crippen LogP contribution is 2.16. The van der Waals surface area contributed by atoms with Gasteiger partial charge in [-0.15, -0.1) is 0 Å². The van der Waals surface area contributed by atoms with E-state index in [9.17, 15) is 4.79 Å². The normalized spacial score (nSPS) is 14.7. The predicted molar refractivity (Wildman–Crippen MR) is 78.3 cm³/mol. The Morgan fingerprint density at radius 2 is 2.09 bits per heavy atom. The number of pyridine rings is 1. The molecule has 2 aromatic rings. The van der Waals surface area contributed by atoms with Crippen molar-refractivity contribution in [2.24, 2.45) is 0 Å². The molecule has 22 heavy (non-hydrogen) atoms. The molecule has 1 aliphatic rings. The van der Waals surface area contributed by atoms with Gasteiger partial charge >= 0.3 is 0 Å². The van der Waals surface area contributed by atoms with Crippen molar-refractivity contribution >= 4 is 11.7 Å². The lowest BCUT2D eigenvalue weighted by Gasteiger charge is -2.34. The van der Waals surface area contributed by atoms with E-state index < -0.39 is 0 Å². The minimum absolute atomic E-state index is 0.140. The van der Waals surface area contributed by atoms with Crippen LogP contribution in [0.25, 0.3) is 0 Å². The van der Waals surface area contributed by atoms with Gasteiger partial charge in [-0.3, -0.25) is 4.79 Å². The maximum Gasteiger partial charge on any atom is 0.292 e. The first-order chi connectivity index (χ1) is 10.7. The first kappa shape index (κ1) is 14.1. The largest absolute Gasteiger partial charge is 0.353 e. The number of carbonyl (C=O) groups is 1. The van der Waals surface area contributed by atoms with Crippen LogP contribution in [-0.2, 0) is 0 Å². The Hall–Kier alpha value is -2.88. The van der Waals surface area contributed by atoms with E-state index >= 15 is 0 Å². The molecule has 1 fully saturated rings. The van der Waals surface area contributed by atoms with E-state index in [1.807, 2.05) is 18.2 Å². The van der Waals surface area contributed by atoms with Crippen LogP contribution in [0.3, 0.4) is 0 Å². The number of aromatic nitrogens is 2. The average molecular weight is 297 g/mol. The molecule has 2 aromatic heterocycles. The fraction of sp³-hybridized carbons (Fsp3) is 0.333. The number of anilines is 1. The second-order valence-corrected chi connectivity index (χ2v) is 5.10. The van der Waals surface area contributed by atoms with E-state index in [2.05, 4.69) is 15.0 Å². The Bertz CT molecular complexity index is 726. The van der Waals surface area contributed by atoms with Crippen molar-refractivity contribution in [2.45, 2.75) is 6.92 Å². The highest BCUT2D eigenvalue weighted by molar-refractivity contribution is 5.91. The summed E-state index contributed by atoms with van der Waals surface area (Å²) in [5, 5.41) is 12.6. The van der Waals surface area contributed by atoms with Gasteiger partial charge in [0, 0.05) is 32.2 Å². The molecular formula is C15H15N5O2. The van der Waals surface area contributed by atoms with Crippen molar-refractivity contribution in [2.75, 3.05) is 31.1 Å². The zero-order valence-electron chi connectivity index (χ0n) is 12.2. The highest BCUT2D eigenvalue weighted by Gasteiger charge is 2.25. The lowest BCUT2D eigenvalue weighted by Crippen LogP contribution is -2.49. The fourth-order valence-electron chi connectivity index (χ4n) is 2.42. The molecule has 0 unspecified atom stereocenters. The second-order valence-electron chi connectivity index (χ2n) is 5.10. The van der Waals surface area contributed by atoms with E-state index in [1.165, 1.54) is 0 Å². The first-order valence-corrected chi connectivity index (χ1v) is 7.02. The molecule has 0 radical (unpaired) electrons. The SMILES string of the molecule is Cc1cc(C(=O)N2CCN(c3cccc(C#N)n3)CC2)on1. The summed E-state index contributed by atoms with van der Waals surface area (Å²) >= 11 is 0. The number of nitriles is 1. The minimum Gasteiger partial charge on any atom is -0.353 e. The average Bonchev–Trinajstić information content (AvgIpc) is 3.01. The Kier molecular flexibility index (Phi) is 3.74. The molecule has 1 aliphatic heterocycles. The monoisotopic (exact) mass is 297 g/mol. The quantitative estimate of drug-likeness (QED) is 0.828. The maximum atomic E-state index is 12.3. The van der Waals surface area contributed by atoms with Crippen LogP contribution < -0.4 is 4.90 Å². The van der Waals surface area contributed by atoms with Crippen molar-refractivity contribution in [3.05, 3.63) is 41.4 Å². The molecule has 0 spiro atoms. The summed E-state index contributed by atoms with van der Waals surface area (Å²) < 4.78 is 5.02. The van der Waals surface area contributed by atoms with E-state index in [0.717, 1.165) is 5.82 Å². The van der Waals surface area contributed by atoms with E-state index in [4.69, 9.17) is 9.78 Å². The van der Waals surface area contributed by atoms with Crippen LogP contribution in [0.15, 0.2) is 28.8 Å². The Morgan fingerprint density at radius 1 is 1.32 bits per heavy atom. The molecule has 112 valence electrons. The van der Waals surface area contributed by atoms with Crippen LogP contribution in [0.1, 0.15) is 21.9 Å². The van der Waals surface area contributed by atoms with E-state index in [-0.39, 0.29) is 11.7 Å². The molecule has 0 atom stereocenters. The molecule has 0 bridgehead atoms. The van der Waals surface area contributed by atoms with E-state index in [0.29, 0.717) is 37.6 Å². The number of carbonyl (C=O) groups excluding carboxylic acids is 1. The number of aryl methyl sites for hydroxylation is 1. The number of amides is 1. The second kappa shape index (κ2) is 5.85. The van der Waals surface area contributed by atoms with Gasteiger partial charge in [0.15, 0.2) is 0 Å². The van der Waals surface area contributed by atoms with Gasteiger partial charge in [0.25, 0.3) is 5.91 Å². The Morgan fingerprint density at radius 3 is 2.73 bits per heavy atom. The fourth-order valence-corrected chi connectivity index (χ4v) is 2.42. The van der Waals surface area contributed by atoms with Gasteiger partial charge < -0.3 is 14.3 Å². The van der Waals surface area contributed by atoms with Crippen molar-refractivity contribution in [3.63, 3.8) is 0 Å². The van der Waals surface area contributed by atoms with Crippen LogP contribution in [0.2, 0.25) is 0 Å². The molecule has 1 saturated heterocycles. The number of hydrogen-bond acceptors (Lipinski definition) is 6. The molecule has 0 aliphatic carbocycles. The first-order valence-electron chi connectivity index (χ1n) is 7.02. The van der Waals surface area contributed by atoms with Crippen molar-refractivity contribution < 1.29 is 9.32 Å². The number of rotatable bonds is 2. The molecule has 1 amide bonds. The molecule has 7 nitrogen and oxygen atoms in total. The third-order valence-electron chi connectivity index (χ3n) is 3.58. The van der Waals surface area contributed by atoms with Crippen LogP contribution >= 0.6 is 0 Å². The topological polar surface area (TPSA) is 86.3 Å². The lowest BCUT2D eigenvalue weighted by molar-refractivity contribution is 0.0704. The zero-order valence-corrected chi connectivity index (χ0v) is 12.2. The summed E-state index contributed by atoms with van der Waals surface area (Å²) in [5.41, 5.74) is 1.09. The summed E-state index contributed by atoms with van der Waals surface area (Å²) in [5.74, 6) is 0.899. The Balaban J connectivity index is 1.65. The third kappa shape index (κ3) is 2.76. The predicted octanol–water partition coefficient (Wildman–Crippen LogP) is 1.21. The van der Waals surface area contributed by atoms with Gasteiger partial charge in [-0.05, 0) is 19.1 Å². The molecule has 0 aromatic carbocycles. The van der Waals surface area contributed by atoms with Crippen molar-refractivity contribution in [1.82, 2.24) is 15.0 Å². The van der Waals surface area contributed by atoms with Crippen molar-refractivity contribution in [1.29, 1.82) is 5.26 Å². The lowest BCUT2D eigenvalue weighted by atomic mass is 10.2. The molecule has 3 rings (SSSR count). The number of piperazine rings is 1. The van der Waals surface area contributed by atoms with Gasteiger partial charge in [-0.25, -0.2) is 4.98 Å². The summed E-state index contributed by atoms with van der Waals surface area (Å²) in [7, 11) is 0. The van der Waals surface area contributed by atoms with E-state index in [1.54, 1.807) is 24.0 Å². The Labute approximate surface area is 127 Å². The molecule has 7 heteroatoms. The van der Waals surface area contributed by atoms with Gasteiger partial charge in [0.1, 0.15) is 17.6 Å². The maximum absolute atomic E-state index is 12.3. The van der Waals surface area contributed by atoms with Gasteiger partial charge in [0.05, 0.1) is 5.69 Å². The number of hydrogen-bond donors (Lipinski definition) is 0. The molecule has 0 N–H and O–H groups in total. The van der Waals surface area contributed by atoms with Crippen LogP contribution in [0.5, 0.6) is 0 Å². The summed E-state index contributed by atoms with van der Waals surface area (Å²) in [4.78, 5) is 20.4. The standard InChI is InChI=1S/C15H15N5O2/c1-11-9-13(22-18-11)15(21)20-7-5-19(6-8-20)14-4-2-3-12(10-16)17-14/h2-4,9H,5-8H2,1H3. The third-order valence-corrected chi connectivity index (χ3v) is 3.58. The van der Waals surface area contributed by atoms with Crippen LogP contribution in [-0.4, -0.2) is 47.1 Å². The van der Waals surface area contributed by atoms with Crippen molar-refractivity contribution in [3.8, 4) is 6.07 Å². The summed E-state index contributed by atoms with van der Waals surface area (Å²) in [6, 6.07) is 9.05. The van der Waals surface area contributed by atoms with Crippen LogP contribution in [0, 0.1) is 18.3 Å². The zero-order chi connectivity index (χ0) is 15.5. The van der Waals surface area contributed by atoms with Crippen LogP contribution in [0.4, 0.5) is 5.82 Å². The molecular weight excluding hydrogens is 282 g/mol. The minimum atomic E-state index is -0.140. The van der Waals surface area contributed by atoms with Gasteiger partial charge in [0.2, 0.25) is 5.76 Å². The number of nitrogens with zero attached hydrogens (tertiary/aromatic N) is 5.